The first-order valence-electron chi connectivity index (χ1n) is 5.10. The Hall–Kier alpha value is -1.71. The normalized spacial score (nSPS) is 12.4. The molecule has 88 valence electrons. The molecule has 0 aliphatic carbocycles. The van der Waals surface area contributed by atoms with Crippen molar-refractivity contribution in [3.05, 3.63) is 58.6 Å². The Kier molecular flexibility index (Phi) is 3.22. The number of phenols is 1. The van der Waals surface area contributed by atoms with Crippen molar-refractivity contribution in [2.75, 3.05) is 5.73 Å². The molecule has 2 aromatic rings. The Bertz CT molecular complexity index is 525. The third kappa shape index (κ3) is 2.35. The number of aliphatic hydroxyl groups is 1. The second-order valence-corrected chi connectivity index (χ2v) is 4.14. The third-order valence-corrected chi connectivity index (χ3v) is 2.92. The predicted octanol–water partition coefficient (Wildman–Crippen LogP) is 2.71. The van der Waals surface area contributed by atoms with Gasteiger partial charge in [0.2, 0.25) is 0 Å². The molecule has 0 spiro atoms. The first-order valence-corrected chi connectivity index (χ1v) is 5.48. The van der Waals surface area contributed by atoms with E-state index >= 15 is 0 Å². The van der Waals surface area contributed by atoms with Crippen LogP contribution in [0.25, 0.3) is 0 Å². The van der Waals surface area contributed by atoms with Gasteiger partial charge in [0.1, 0.15) is 11.9 Å². The molecule has 4 heteroatoms. The molecule has 0 aliphatic rings. The number of rotatable bonds is 2. The Morgan fingerprint density at radius 1 is 1.06 bits per heavy atom. The number of nitrogens with two attached hydrogens (primary N) is 1. The Labute approximate surface area is 104 Å². The quantitative estimate of drug-likeness (QED) is 0.717. The van der Waals surface area contributed by atoms with E-state index in [9.17, 15) is 10.2 Å². The number of phenolic OH excluding ortho intramolecular Hbond substituents is 1. The van der Waals surface area contributed by atoms with Crippen molar-refractivity contribution < 1.29 is 10.2 Å². The number of halogens is 1. The molecule has 1 atom stereocenters. The largest absolute Gasteiger partial charge is 0.508 e. The summed E-state index contributed by atoms with van der Waals surface area (Å²) in [5, 5.41) is 19.8. The minimum atomic E-state index is -0.853. The van der Waals surface area contributed by atoms with Crippen LogP contribution in [0.1, 0.15) is 17.2 Å². The standard InChI is InChI=1S/C13H12ClNO2/c14-11-3-1-2-10(12(11)15)13(17)8-4-6-9(16)7-5-8/h1-7,13,16-17H,15H2. The monoisotopic (exact) mass is 249 g/mol. The van der Waals surface area contributed by atoms with E-state index in [0.717, 1.165) is 0 Å². The number of nitrogen functional groups attached to an aromatic ring is 1. The van der Waals surface area contributed by atoms with Gasteiger partial charge in [0.05, 0.1) is 10.7 Å². The van der Waals surface area contributed by atoms with Crippen LogP contribution in [0.2, 0.25) is 5.02 Å². The van der Waals surface area contributed by atoms with Gasteiger partial charge in [-0.2, -0.15) is 0 Å². The summed E-state index contributed by atoms with van der Waals surface area (Å²) in [7, 11) is 0. The minimum absolute atomic E-state index is 0.153. The minimum Gasteiger partial charge on any atom is -0.508 e. The summed E-state index contributed by atoms with van der Waals surface area (Å²) in [4.78, 5) is 0. The zero-order valence-electron chi connectivity index (χ0n) is 8.97. The summed E-state index contributed by atoms with van der Waals surface area (Å²) in [6, 6.07) is 11.4. The number of hydrogen-bond acceptors (Lipinski definition) is 3. The van der Waals surface area contributed by atoms with Crippen molar-refractivity contribution in [2.45, 2.75) is 6.10 Å². The molecule has 1 unspecified atom stereocenters. The summed E-state index contributed by atoms with van der Waals surface area (Å²) in [6.07, 6.45) is -0.853. The van der Waals surface area contributed by atoms with E-state index in [4.69, 9.17) is 17.3 Å². The number of hydrogen-bond donors (Lipinski definition) is 3. The average molecular weight is 250 g/mol. The maximum atomic E-state index is 10.2. The van der Waals surface area contributed by atoms with Crippen LogP contribution >= 0.6 is 11.6 Å². The van der Waals surface area contributed by atoms with E-state index in [0.29, 0.717) is 21.8 Å². The molecule has 0 aromatic heterocycles. The van der Waals surface area contributed by atoms with E-state index in [-0.39, 0.29) is 5.75 Å². The van der Waals surface area contributed by atoms with Gasteiger partial charge in [0.25, 0.3) is 0 Å². The van der Waals surface area contributed by atoms with E-state index in [1.54, 1.807) is 30.3 Å². The van der Waals surface area contributed by atoms with E-state index in [1.165, 1.54) is 12.1 Å². The number of anilines is 1. The second-order valence-electron chi connectivity index (χ2n) is 3.74. The maximum absolute atomic E-state index is 10.2. The fourth-order valence-corrected chi connectivity index (χ4v) is 1.81. The van der Waals surface area contributed by atoms with Crippen LogP contribution in [0.3, 0.4) is 0 Å². The van der Waals surface area contributed by atoms with Gasteiger partial charge in [-0.15, -0.1) is 0 Å². The molecule has 2 rings (SSSR count). The number of benzene rings is 2. The lowest BCUT2D eigenvalue weighted by Crippen LogP contribution is -2.03. The molecule has 0 saturated heterocycles. The van der Waals surface area contributed by atoms with Crippen LogP contribution in [-0.2, 0) is 0 Å². The van der Waals surface area contributed by atoms with Gasteiger partial charge in [-0.25, -0.2) is 0 Å². The number of aromatic hydroxyl groups is 1. The van der Waals surface area contributed by atoms with E-state index in [2.05, 4.69) is 0 Å². The van der Waals surface area contributed by atoms with Crippen LogP contribution in [0.15, 0.2) is 42.5 Å². The number of para-hydroxylation sites is 1. The lowest BCUT2D eigenvalue weighted by atomic mass is 10.00. The Morgan fingerprint density at radius 2 is 1.71 bits per heavy atom. The Balaban J connectivity index is 2.40. The fraction of sp³-hybridized carbons (Fsp3) is 0.0769. The highest BCUT2D eigenvalue weighted by Gasteiger charge is 2.14. The molecular weight excluding hydrogens is 238 g/mol. The molecule has 0 heterocycles. The van der Waals surface area contributed by atoms with Crippen LogP contribution in [-0.4, -0.2) is 10.2 Å². The molecule has 17 heavy (non-hydrogen) atoms. The number of aliphatic hydroxyl groups excluding tert-OH is 1. The van der Waals surface area contributed by atoms with Crippen molar-refractivity contribution in [2.24, 2.45) is 0 Å². The molecule has 0 saturated carbocycles. The average Bonchev–Trinajstić information content (AvgIpc) is 2.33. The van der Waals surface area contributed by atoms with Gasteiger partial charge in [0, 0.05) is 5.56 Å². The molecule has 4 N–H and O–H groups in total. The van der Waals surface area contributed by atoms with Crippen LogP contribution in [0, 0.1) is 0 Å². The summed E-state index contributed by atoms with van der Waals surface area (Å²) in [5.41, 5.74) is 7.39. The summed E-state index contributed by atoms with van der Waals surface area (Å²) < 4.78 is 0. The summed E-state index contributed by atoms with van der Waals surface area (Å²) >= 11 is 5.89. The molecule has 0 bridgehead atoms. The first-order chi connectivity index (χ1) is 8.09. The lowest BCUT2D eigenvalue weighted by molar-refractivity contribution is 0.221. The molecule has 3 nitrogen and oxygen atoms in total. The fourth-order valence-electron chi connectivity index (χ4n) is 1.63. The SMILES string of the molecule is Nc1c(Cl)cccc1C(O)c1ccc(O)cc1. The molecular formula is C13H12ClNO2. The van der Waals surface area contributed by atoms with E-state index in [1.807, 2.05) is 0 Å². The molecule has 0 fully saturated rings. The summed E-state index contributed by atoms with van der Waals surface area (Å²) in [5.74, 6) is 0.153. The van der Waals surface area contributed by atoms with Gasteiger partial charge in [-0.1, -0.05) is 35.9 Å². The summed E-state index contributed by atoms with van der Waals surface area (Å²) in [6.45, 7) is 0. The third-order valence-electron chi connectivity index (χ3n) is 2.59. The topological polar surface area (TPSA) is 66.5 Å². The zero-order chi connectivity index (χ0) is 12.4. The lowest BCUT2D eigenvalue weighted by Gasteiger charge is -2.14. The van der Waals surface area contributed by atoms with Gasteiger partial charge in [0.15, 0.2) is 0 Å². The van der Waals surface area contributed by atoms with Gasteiger partial charge in [-0.05, 0) is 23.8 Å². The molecule has 0 radical (unpaired) electrons. The maximum Gasteiger partial charge on any atom is 0.115 e. The van der Waals surface area contributed by atoms with E-state index < -0.39 is 6.10 Å². The van der Waals surface area contributed by atoms with Crippen LogP contribution in [0.4, 0.5) is 5.69 Å². The predicted molar refractivity (Wildman–Crippen MR) is 68.0 cm³/mol. The molecule has 2 aromatic carbocycles. The smallest absolute Gasteiger partial charge is 0.115 e. The van der Waals surface area contributed by atoms with Gasteiger partial charge < -0.3 is 15.9 Å². The van der Waals surface area contributed by atoms with Crippen molar-refractivity contribution >= 4 is 17.3 Å². The van der Waals surface area contributed by atoms with Crippen LogP contribution < -0.4 is 5.73 Å². The van der Waals surface area contributed by atoms with Gasteiger partial charge in [-0.3, -0.25) is 0 Å². The highest BCUT2D eigenvalue weighted by atomic mass is 35.5. The van der Waals surface area contributed by atoms with Crippen LogP contribution in [0.5, 0.6) is 5.75 Å². The Morgan fingerprint density at radius 3 is 2.35 bits per heavy atom. The highest BCUT2D eigenvalue weighted by Crippen LogP contribution is 2.31. The van der Waals surface area contributed by atoms with Crippen molar-refractivity contribution in [1.82, 2.24) is 0 Å². The first kappa shape index (κ1) is 11.8. The highest BCUT2D eigenvalue weighted by molar-refractivity contribution is 6.33. The van der Waals surface area contributed by atoms with Crippen molar-refractivity contribution in [1.29, 1.82) is 0 Å². The zero-order valence-corrected chi connectivity index (χ0v) is 9.72. The molecule has 0 amide bonds. The second kappa shape index (κ2) is 4.65. The van der Waals surface area contributed by atoms with Crippen molar-refractivity contribution in [3.63, 3.8) is 0 Å². The molecule has 0 aliphatic heterocycles. The van der Waals surface area contributed by atoms with Crippen molar-refractivity contribution in [3.8, 4) is 5.75 Å². The van der Waals surface area contributed by atoms with Gasteiger partial charge >= 0.3 is 0 Å².